The van der Waals surface area contributed by atoms with Gasteiger partial charge in [-0.25, -0.2) is 4.98 Å². The third kappa shape index (κ3) is 2.63. The molecule has 8 heteroatoms. The van der Waals surface area contributed by atoms with Crippen molar-refractivity contribution >= 4 is 22.7 Å². The van der Waals surface area contributed by atoms with Crippen molar-refractivity contribution in [2.75, 3.05) is 0 Å². The van der Waals surface area contributed by atoms with Crippen molar-refractivity contribution in [3.05, 3.63) is 39.9 Å². The number of halogens is 3. The van der Waals surface area contributed by atoms with Gasteiger partial charge in [-0.3, -0.25) is 9.36 Å². The van der Waals surface area contributed by atoms with Crippen LogP contribution >= 0.6 is 11.8 Å². The molecule has 1 aromatic heterocycles. The molecule has 0 aliphatic carbocycles. The van der Waals surface area contributed by atoms with Crippen molar-refractivity contribution in [2.45, 2.75) is 11.9 Å². The Labute approximate surface area is 115 Å². The Morgan fingerprint density at radius 1 is 1.45 bits per heavy atom. The van der Waals surface area contributed by atoms with Gasteiger partial charge in [-0.2, -0.15) is 18.4 Å². The molecule has 1 heterocycles. The maximum absolute atomic E-state index is 12.6. The van der Waals surface area contributed by atoms with Crippen LogP contribution in [0.5, 0.6) is 0 Å². The highest BCUT2D eigenvalue weighted by atomic mass is 32.2. The largest absolute Gasteiger partial charge is 0.416 e. The van der Waals surface area contributed by atoms with Crippen molar-refractivity contribution < 1.29 is 13.2 Å². The average Bonchev–Trinajstić information content (AvgIpc) is 2.39. The SMILES string of the molecule is Cn1c(CSC#N)nc2ccc(C(F)(F)F)cc2c1=O. The van der Waals surface area contributed by atoms with Gasteiger partial charge in [0.05, 0.1) is 22.2 Å². The summed E-state index contributed by atoms with van der Waals surface area (Å²) in [5, 5.41) is 10.3. The van der Waals surface area contributed by atoms with E-state index in [0.29, 0.717) is 5.82 Å². The topological polar surface area (TPSA) is 58.7 Å². The van der Waals surface area contributed by atoms with Crippen LogP contribution in [-0.4, -0.2) is 9.55 Å². The van der Waals surface area contributed by atoms with Gasteiger partial charge in [0, 0.05) is 7.05 Å². The van der Waals surface area contributed by atoms with Crippen LogP contribution in [0.25, 0.3) is 10.9 Å². The molecule has 20 heavy (non-hydrogen) atoms. The number of thiocyanates is 1. The molecule has 0 aliphatic rings. The van der Waals surface area contributed by atoms with E-state index in [1.165, 1.54) is 13.1 Å². The summed E-state index contributed by atoms with van der Waals surface area (Å²) in [5.74, 6) is 0.535. The zero-order chi connectivity index (χ0) is 14.9. The second kappa shape index (κ2) is 5.17. The molecule has 4 nitrogen and oxygen atoms in total. The Bertz CT molecular complexity index is 761. The van der Waals surface area contributed by atoms with Crippen molar-refractivity contribution in [3.63, 3.8) is 0 Å². The van der Waals surface area contributed by atoms with Crippen molar-refractivity contribution in [2.24, 2.45) is 7.05 Å². The first kappa shape index (κ1) is 14.4. The third-order valence-corrected chi connectivity index (χ3v) is 3.29. The number of aromatic nitrogens is 2. The van der Waals surface area contributed by atoms with E-state index < -0.39 is 17.3 Å². The van der Waals surface area contributed by atoms with E-state index in [0.717, 1.165) is 28.5 Å². The number of rotatable bonds is 2. The monoisotopic (exact) mass is 299 g/mol. The van der Waals surface area contributed by atoms with Crippen LogP contribution in [-0.2, 0) is 19.0 Å². The van der Waals surface area contributed by atoms with Gasteiger partial charge in [-0.15, -0.1) is 0 Å². The minimum Gasteiger partial charge on any atom is -0.299 e. The second-order valence-corrected chi connectivity index (χ2v) is 4.76. The molecule has 0 amide bonds. The Morgan fingerprint density at radius 3 is 2.75 bits per heavy atom. The molecule has 0 saturated heterocycles. The summed E-state index contributed by atoms with van der Waals surface area (Å²) in [6.07, 6.45) is -4.51. The van der Waals surface area contributed by atoms with Crippen LogP contribution in [0.2, 0.25) is 0 Å². The first-order chi connectivity index (χ1) is 9.34. The normalized spacial score (nSPS) is 11.6. The quantitative estimate of drug-likeness (QED) is 0.800. The Kier molecular flexibility index (Phi) is 3.72. The first-order valence-electron chi connectivity index (χ1n) is 5.42. The Balaban J connectivity index is 2.65. The summed E-state index contributed by atoms with van der Waals surface area (Å²) >= 11 is 0.903. The highest BCUT2D eigenvalue weighted by molar-refractivity contribution is 8.02. The lowest BCUT2D eigenvalue weighted by Gasteiger charge is -2.10. The number of thioether (sulfide) groups is 1. The summed E-state index contributed by atoms with van der Waals surface area (Å²) in [6, 6.07) is 2.85. The summed E-state index contributed by atoms with van der Waals surface area (Å²) in [6.45, 7) is 0. The summed E-state index contributed by atoms with van der Waals surface area (Å²) in [7, 11) is 1.42. The maximum atomic E-state index is 12.6. The molecule has 0 N–H and O–H groups in total. The molecule has 1 aromatic carbocycles. The van der Waals surface area contributed by atoms with Gasteiger partial charge in [-0.05, 0) is 30.0 Å². The molecular weight excluding hydrogens is 291 g/mol. The molecule has 2 aromatic rings. The minimum absolute atomic E-state index is 0.0898. The van der Waals surface area contributed by atoms with Gasteiger partial charge in [-0.1, -0.05) is 0 Å². The van der Waals surface area contributed by atoms with Gasteiger partial charge in [0.15, 0.2) is 0 Å². The second-order valence-electron chi connectivity index (χ2n) is 4.00. The van der Waals surface area contributed by atoms with Crippen LogP contribution in [0.4, 0.5) is 13.2 Å². The fourth-order valence-electron chi connectivity index (χ4n) is 1.72. The maximum Gasteiger partial charge on any atom is 0.416 e. The van der Waals surface area contributed by atoms with Crippen LogP contribution in [0.15, 0.2) is 23.0 Å². The predicted molar refractivity (Wildman–Crippen MR) is 68.9 cm³/mol. The zero-order valence-electron chi connectivity index (χ0n) is 10.2. The van der Waals surface area contributed by atoms with E-state index in [1.807, 2.05) is 5.40 Å². The lowest BCUT2D eigenvalue weighted by molar-refractivity contribution is -0.137. The van der Waals surface area contributed by atoms with Crippen molar-refractivity contribution in [1.82, 2.24) is 9.55 Å². The smallest absolute Gasteiger partial charge is 0.299 e. The van der Waals surface area contributed by atoms with Crippen LogP contribution in [0, 0.1) is 10.7 Å². The molecule has 2 rings (SSSR count). The third-order valence-electron chi connectivity index (χ3n) is 2.76. The van der Waals surface area contributed by atoms with E-state index in [-0.39, 0.29) is 16.7 Å². The van der Waals surface area contributed by atoms with E-state index in [9.17, 15) is 18.0 Å². The first-order valence-corrected chi connectivity index (χ1v) is 6.41. The number of fused-ring (bicyclic) bond motifs is 1. The Morgan fingerprint density at radius 2 is 2.15 bits per heavy atom. The van der Waals surface area contributed by atoms with Crippen molar-refractivity contribution in [3.8, 4) is 5.40 Å². The standard InChI is InChI=1S/C12H8F3N3OS/c1-18-10(5-20-6-16)17-9-3-2-7(12(13,14)15)4-8(9)11(18)19/h2-4H,5H2,1H3. The van der Waals surface area contributed by atoms with Crippen LogP contribution in [0.3, 0.4) is 0 Å². The van der Waals surface area contributed by atoms with E-state index in [1.54, 1.807) is 0 Å². The number of hydrogen-bond donors (Lipinski definition) is 0. The van der Waals surface area contributed by atoms with E-state index >= 15 is 0 Å². The molecule has 0 unspecified atom stereocenters. The molecule has 0 atom stereocenters. The van der Waals surface area contributed by atoms with Crippen molar-refractivity contribution in [1.29, 1.82) is 5.26 Å². The van der Waals surface area contributed by atoms with Crippen LogP contribution < -0.4 is 5.56 Å². The molecule has 0 radical (unpaired) electrons. The van der Waals surface area contributed by atoms with Gasteiger partial charge >= 0.3 is 6.18 Å². The lowest BCUT2D eigenvalue weighted by atomic mass is 10.1. The van der Waals surface area contributed by atoms with Gasteiger partial charge in [0.1, 0.15) is 11.2 Å². The number of nitrogens with zero attached hydrogens (tertiary/aromatic N) is 3. The lowest BCUT2D eigenvalue weighted by Crippen LogP contribution is -2.22. The molecule has 0 fully saturated rings. The van der Waals surface area contributed by atoms with Gasteiger partial charge in [0.2, 0.25) is 0 Å². The fraction of sp³-hybridized carbons (Fsp3) is 0.250. The number of benzene rings is 1. The predicted octanol–water partition coefficient (Wildman–Crippen LogP) is 2.67. The van der Waals surface area contributed by atoms with Crippen LogP contribution in [0.1, 0.15) is 11.4 Å². The molecule has 0 bridgehead atoms. The summed E-state index contributed by atoms with van der Waals surface area (Å²) in [4.78, 5) is 16.2. The highest BCUT2D eigenvalue weighted by Crippen LogP contribution is 2.30. The minimum atomic E-state index is -4.51. The molecule has 0 saturated carbocycles. The average molecular weight is 299 g/mol. The Hall–Kier alpha value is -2.01. The summed E-state index contributed by atoms with van der Waals surface area (Å²) < 4.78 is 39.0. The highest BCUT2D eigenvalue weighted by Gasteiger charge is 2.30. The zero-order valence-corrected chi connectivity index (χ0v) is 11.0. The van der Waals surface area contributed by atoms with Gasteiger partial charge < -0.3 is 0 Å². The molecule has 0 spiro atoms. The van der Waals surface area contributed by atoms with E-state index in [4.69, 9.17) is 5.26 Å². The summed E-state index contributed by atoms with van der Waals surface area (Å²) in [5.41, 5.74) is -1.26. The molecule has 0 aliphatic heterocycles. The molecular formula is C12H8F3N3OS. The number of nitriles is 1. The number of hydrogen-bond acceptors (Lipinski definition) is 4. The van der Waals surface area contributed by atoms with E-state index in [2.05, 4.69) is 4.98 Å². The fourth-order valence-corrected chi connectivity index (χ4v) is 2.17. The number of alkyl halides is 3. The van der Waals surface area contributed by atoms with Gasteiger partial charge in [0.25, 0.3) is 5.56 Å². The molecule has 104 valence electrons.